The molecule has 6 heteroatoms. The number of carbonyl (C=O) groups excluding carboxylic acids is 1. The average Bonchev–Trinajstić information content (AvgIpc) is 2.58. The number of hydrogen-bond donors (Lipinski definition) is 2. The molecule has 0 radical (unpaired) electrons. The van der Waals surface area contributed by atoms with Crippen LogP contribution in [0.5, 0.6) is 0 Å². The van der Waals surface area contributed by atoms with Crippen LogP contribution in [0.1, 0.15) is 56.6 Å². The zero-order chi connectivity index (χ0) is 17.4. The minimum Gasteiger partial charge on any atom is -0.356 e. The number of fused-ring (bicyclic) bond motifs is 1. The van der Waals surface area contributed by atoms with Gasteiger partial charge in [0.2, 0.25) is 15.9 Å². The molecule has 1 amide bonds. The number of aryl methyl sites for hydroxylation is 2. The van der Waals surface area contributed by atoms with Crippen LogP contribution in [-0.4, -0.2) is 27.4 Å². The van der Waals surface area contributed by atoms with Gasteiger partial charge in [-0.2, -0.15) is 0 Å². The molecule has 0 atom stereocenters. The summed E-state index contributed by atoms with van der Waals surface area (Å²) in [5.41, 5.74) is 2.39. The Bertz CT molecular complexity index is 656. The van der Waals surface area contributed by atoms with Gasteiger partial charge < -0.3 is 5.32 Å². The van der Waals surface area contributed by atoms with E-state index in [0.29, 0.717) is 11.4 Å². The van der Waals surface area contributed by atoms with E-state index >= 15 is 0 Å². The molecule has 1 aromatic rings. The van der Waals surface area contributed by atoms with Gasteiger partial charge in [0.25, 0.3) is 0 Å². The number of benzene rings is 1. The zero-order valence-corrected chi connectivity index (χ0v) is 15.3. The molecule has 0 saturated carbocycles. The Morgan fingerprint density at radius 1 is 1.08 bits per heavy atom. The summed E-state index contributed by atoms with van der Waals surface area (Å²) in [7, 11) is -3.55. The maximum atomic E-state index is 12.4. The first-order valence-electron chi connectivity index (χ1n) is 8.91. The maximum Gasteiger partial charge on any atom is 0.240 e. The highest BCUT2D eigenvalue weighted by atomic mass is 32.2. The molecule has 0 saturated heterocycles. The quantitative estimate of drug-likeness (QED) is 0.671. The molecule has 2 N–H and O–H groups in total. The van der Waals surface area contributed by atoms with Crippen LogP contribution in [-0.2, 0) is 27.7 Å². The smallest absolute Gasteiger partial charge is 0.240 e. The molecule has 134 valence electrons. The summed E-state index contributed by atoms with van der Waals surface area (Å²) in [6.07, 6.45) is 7.58. The van der Waals surface area contributed by atoms with Gasteiger partial charge in [0.1, 0.15) is 0 Å². The molecular formula is C18H28N2O3S. The fraction of sp³-hybridized carbons (Fsp3) is 0.611. The second kappa shape index (κ2) is 9.18. The van der Waals surface area contributed by atoms with Crippen molar-refractivity contribution in [1.82, 2.24) is 10.0 Å². The van der Waals surface area contributed by atoms with Crippen molar-refractivity contribution in [3.63, 3.8) is 0 Å². The van der Waals surface area contributed by atoms with Gasteiger partial charge in [-0.05, 0) is 55.4 Å². The van der Waals surface area contributed by atoms with Crippen molar-refractivity contribution < 1.29 is 13.2 Å². The SMILES string of the molecule is CCCCCNC(=O)CCNS(=O)(=O)c1ccc2c(c1)CCCC2. The summed E-state index contributed by atoms with van der Waals surface area (Å²) in [5.74, 6) is -0.112. The predicted molar refractivity (Wildman–Crippen MR) is 95.4 cm³/mol. The first kappa shape index (κ1) is 18.9. The van der Waals surface area contributed by atoms with Gasteiger partial charge in [0, 0.05) is 19.5 Å². The minimum absolute atomic E-state index is 0.112. The van der Waals surface area contributed by atoms with E-state index in [0.717, 1.165) is 44.1 Å². The van der Waals surface area contributed by atoms with Crippen LogP contribution in [0, 0.1) is 0 Å². The van der Waals surface area contributed by atoms with Gasteiger partial charge in [-0.15, -0.1) is 0 Å². The van der Waals surface area contributed by atoms with Gasteiger partial charge in [0.05, 0.1) is 4.90 Å². The van der Waals surface area contributed by atoms with Crippen LogP contribution in [0.2, 0.25) is 0 Å². The minimum atomic E-state index is -3.55. The van der Waals surface area contributed by atoms with Gasteiger partial charge in [-0.1, -0.05) is 25.8 Å². The van der Waals surface area contributed by atoms with Crippen LogP contribution in [0.15, 0.2) is 23.1 Å². The Kier molecular flexibility index (Phi) is 7.24. The molecule has 24 heavy (non-hydrogen) atoms. The molecule has 0 bridgehead atoms. The molecule has 0 spiro atoms. The van der Waals surface area contributed by atoms with E-state index in [-0.39, 0.29) is 18.9 Å². The molecule has 5 nitrogen and oxygen atoms in total. The summed E-state index contributed by atoms with van der Waals surface area (Å²) < 4.78 is 27.2. The Morgan fingerprint density at radius 3 is 2.58 bits per heavy atom. The highest BCUT2D eigenvalue weighted by molar-refractivity contribution is 7.89. The lowest BCUT2D eigenvalue weighted by Crippen LogP contribution is -2.31. The lowest BCUT2D eigenvalue weighted by molar-refractivity contribution is -0.120. The fourth-order valence-corrected chi connectivity index (χ4v) is 4.03. The number of hydrogen-bond acceptors (Lipinski definition) is 3. The molecule has 1 aromatic carbocycles. The summed E-state index contributed by atoms with van der Waals surface area (Å²) in [6, 6.07) is 5.36. The summed E-state index contributed by atoms with van der Waals surface area (Å²) >= 11 is 0. The molecular weight excluding hydrogens is 324 g/mol. The Labute approximate surface area is 145 Å². The number of nitrogens with one attached hydrogen (secondary N) is 2. The third-order valence-electron chi connectivity index (χ3n) is 4.38. The molecule has 1 aliphatic rings. The lowest BCUT2D eigenvalue weighted by atomic mass is 9.92. The maximum absolute atomic E-state index is 12.4. The Hall–Kier alpha value is -1.40. The van der Waals surface area contributed by atoms with E-state index in [1.165, 1.54) is 12.0 Å². The van der Waals surface area contributed by atoms with Crippen molar-refractivity contribution in [2.45, 2.75) is 63.2 Å². The number of amides is 1. The summed E-state index contributed by atoms with van der Waals surface area (Å²) in [4.78, 5) is 12.0. The Balaban J connectivity index is 1.82. The molecule has 0 aliphatic heterocycles. The van der Waals surface area contributed by atoms with Crippen LogP contribution >= 0.6 is 0 Å². The van der Waals surface area contributed by atoms with Crippen molar-refractivity contribution in [2.24, 2.45) is 0 Å². The van der Waals surface area contributed by atoms with Crippen molar-refractivity contribution >= 4 is 15.9 Å². The van der Waals surface area contributed by atoms with Crippen molar-refractivity contribution in [1.29, 1.82) is 0 Å². The van der Waals surface area contributed by atoms with Gasteiger partial charge in [-0.3, -0.25) is 4.79 Å². The standard InChI is InChI=1S/C18H28N2O3S/c1-2-3-6-12-19-18(21)11-13-20-24(22,23)17-10-9-15-7-4-5-8-16(15)14-17/h9-10,14,20H,2-8,11-13H2,1H3,(H,19,21). The monoisotopic (exact) mass is 352 g/mol. The van der Waals surface area contributed by atoms with E-state index in [4.69, 9.17) is 0 Å². The number of carbonyl (C=O) groups is 1. The molecule has 0 aromatic heterocycles. The summed E-state index contributed by atoms with van der Waals surface area (Å²) in [6.45, 7) is 2.89. The zero-order valence-electron chi connectivity index (χ0n) is 14.4. The molecule has 0 heterocycles. The topological polar surface area (TPSA) is 75.3 Å². The first-order valence-corrected chi connectivity index (χ1v) is 10.4. The van der Waals surface area contributed by atoms with Gasteiger partial charge in [0.15, 0.2) is 0 Å². The van der Waals surface area contributed by atoms with Crippen molar-refractivity contribution in [2.75, 3.05) is 13.1 Å². The van der Waals surface area contributed by atoms with E-state index in [1.54, 1.807) is 12.1 Å². The second-order valence-corrected chi connectivity index (χ2v) is 8.11. The average molecular weight is 353 g/mol. The van der Waals surface area contributed by atoms with Crippen LogP contribution in [0.4, 0.5) is 0 Å². The van der Waals surface area contributed by atoms with E-state index in [2.05, 4.69) is 17.0 Å². The van der Waals surface area contributed by atoms with E-state index in [9.17, 15) is 13.2 Å². The molecule has 2 rings (SSSR count). The number of rotatable bonds is 9. The highest BCUT2D eigenvalue weighted by Gasteiger charge is 2.17. The van der Waals surface area contributed by atoms with Crippen LogP contribution < -0.4 is 10.0 Å². The third kappa shape index (κ3) is 5.60. The van der Waals surface area contributed by atoms with Crippen molar-refractivity contribution in [3.05, 3.63) is 29.3 Å². The predicted octanol–water partition coefficient (Wildman–Crippen LogP) is 2.54. The first-order chi connectivity index (χ1) is 11.5. The number of sulfonamides is 1. The largest absolute Gasteiger partial charge is 0.356 e. The summed E-state index contributed by atoms with van der Waals surface area (Å²) in [5, 5.41) is 2.81. The Morgan fingerprint density at radius 2 is 1.83 bits per heavy atom. The van der Waals surface area contributed by atoms with E-state index in [1.807, 2.05) is 6.07 Å². The number of unbranched alkanes of at least 4 members (excludes halogenated alkanes) is 2. The molecule has 0 unspecified atom stereocenters. The lowest BCUT2D eigenvalue weighted by Gasteiger charge is -2.16. The molecule has 1 aliphatic carbocycles. The normalized spacial score (nSPS) is 14.2. The third-order valence-corrected chi connectivity index (χ3v) is 5.84. The van der Waals surface area contributed by atoms with Crippen LogP contribution in [0.25, 0.3) is 0 Å². The van der Waals surface area contributed by atoms with Crippen molar-refractivity contribution in [3.8, 4) is 0 Å². The highest BCUT2D eigenvalue weighted by Crippen LogP contribution is 2.23. The van der Waals surface area contributed by atoms with Gasteiger partial charge >= 0.3 is 0 Å². The van der Waals surface area contributed by atoms with Gasteiger partial charge in [-0.25, -0.2) is 13.1 Å². The van der Waals surface area contributed by atoms with E-state index < -0.39 is 10.0 Å². The fourth-order valence-electron chi connectivity index (χ4n) is 2.95. The molecule has 0 fully saturated rings. The second-order valence-electron chi connectivity index (χ2n) is 6.34. The van der Waals surface area contributed by atoms with Crippen LogP contribution in [0.3, 0.4) is 0 Å².